The second-order valence-electron chi connectivity index (χ2n) is 8.49. The van der Waals surface area contributed by atoms with Crippen molar-refractivity contribution in [3.8, 4) is 0 Å². The van der Waals surface area contributed by atoms with E-state index < -0.39 is 9.84 Å². The first kappa shape index (κ1) is 22.7. The van der Waals surface area contributed by atoms with Gasteiger partial charge in [0.15, 0.2) is 11.5 Å². The smallest absolute Gasteiger partial charge is 0.310 e. The van der Waals surface area contributed by atoms with Gasteiger partial charge in [-0.05, 0) is 68.3 Å². The van der Waals surface area contributed by atoms with E-state index in [0.29, 0.717) is 25.5 Å². The SMILES string of the molecule is CCOC(=O)[C@H]1CCCN(c2nc3c(S(=O)(=O)c4ccc(C)c(C)c4)nnn3c3ccsc23)C1. The Morgan fingerprint density at radius 1 is 1.24 bits per heavy atom. The molecule has 0 unspecified atom stereocenters. The van der Waals surface area contributed by atoms with Gasteiger partial charge in [-0.1, -0.05) is 11.3 Å². The quantitative estimate of drug-likeness (QED) is 0.384. The molecule has 0 N–H and O–H groups in total. The van der Waals surface area contributed by atoms with Gasteiger partial charge in [0.2, 0.25) is 14.9 Å². The summed E-state index contributed by atoms with van der Waals surface area (Å²) in [5.41, 5.74) is 2.80. The number of aryl methyl sites for hydroxylation is 2. The third-order valence-corrected chi connectivity index (χ3v) is 8.84. The number of carbonyl (C=O) groups is 1. The molecule has 178 valence electrons. The number of piperidine rings is 1. The van der Waals surface area contributed by atoms with Gasteiger partial charge >= 0.3 is 5.97 Å². The maximum Gasteiger partial charge on any atom is 0.310 e. The molecule has 0 amide bonds. The van der Waals surface area contributed by atoms with Gasteiger partial charge in [-0.25, -0.2) is 13.4 Å². The Morgan fingerprint density at radius 3 is 2.82 bits per heavy atom. The Balaban J connectivity index is 1.63. The molecule has 5 rings (SSSR count). The third-order valence-electron chi connectivity index (χ3n) is 6.29. The first-order valence-electron chi connectivity index (χ1n) is 11.2. The lowest BCUT2D eigenvalue weighted by atomic mass is 9.98. The van der Waals surface area contributed by atoms with Crippen molar-refractivity contribution in [2.45, 2.75) is 43.5 Å². The fourth-order valence-corrected chi connectivity index (χ4v) is 6.52. The Bertz CT molecular complexity index is 1510. The summed E-state index contributed by atoms with van der Waals surface area (Å²) >= 11 is 1.50. The summed E-state index contributed by atoms with van der Waals surface area (Å²) in [6.07, 6.45) is 1.57. The summed E-state index contributed by atoms with van der Waals surface area (Å²) in [6, 6.07) is 6.90. The van der Waals surface area contributed by atoms with Crippen molar-refractivity contribution in [1.29, 1.82) is 0 Å². The van der Waals surface area contributed by atoms with Crippen molar-refractivity contribution in [3.05, 3.63) is 40.8 Å². The second kappa shape index (κ2) is 8.62. The maximum absolute atomic E-state index is 13.5. The maximum atomic E-state index is 13.5. The van der Waals surface area contributed by atoms with Crippen molar-refractivity contribution in [1.82, 2.24) is 19.8 Å². The molecule has 9 nitrogen and oxygen atoms in total. The zero-order chi connectivity index (χ0) is 24.0. The van der Waals surface area contributed by atoms with Crippen molar-refractivity contribution >= 4 is 48.8 Å². The van der Waals surface area contributed by atoms with E-state index in [1.807, 2.05) is 30.2 Å². The number of nitrogens with zero attached hydrogens (tertiary/aromatic N) is 5. The van der Waals surface area contributed by atoms with Crippen LogP contribution in [0, 0.1) is 19.8 Å². The number of hydrogen-bond acceptors (Lipinski definition) is 9. The highest BCUT2D eigenvalue weighted by molar-refractivity contribution is 7.91. The molecule has 4 heterocycles. The van der Waals surface area contributed by atoms with Gasteiger partial charge in [-0.3, -0.25) is 4.79 Å². The number of fused-ring (bicyclic) bond motifs is 3. The Labute approximate surface area is 201 Å². The number of ether oxygens (including phenoxy) is 1. The highest BCUT2D eigenvalue weighted by Gasteiger charge is 2.31. The Kier molecular flexibility index (Phi) is 5.76. The van der Waals surface area contributed by atoms with E-state index in [2.05, 4.69) is 10.3 Å². The number of thiophene rings is 1. The average Bonchev–Trinajstić information content (AvgIpc) is 3.47. The van der Waals surface area contributed by atoms with Crippen molar-refractivity contribution in [2.24, 2.45) is 5.92 Å². The van der Waals surface area contributed by atoms with Crippen LogP contribution in [-0.4, -0.2) is 53.9 Å². The van der Waals surface area contributed by atoms with E-state index in [9.17, 15) is 13.2 Å². The standard InChI is InChI=1S/C23H25N5O4S2/c1-4-32-23(29)16-6-5-10-27(13-16)20-19-18(9-11-33-19)28-21(24-20)22(25-26-28)34(30,31)17-8-7-14(2)15(3)12-17/h7-9,11-12,16H,4-6,10,13H2,1-3H3/t16-/m0/s1. The van der Waals surface area contributed by atoms with Gasteiger partial charge in [-0.15, -0.1) is 16.4 Å². The molecule has 1 atom stereocenters. The summed E-state index contributed by atoms with van der Waals surface area (Å²) in [5, 5.41) is 9.94. The highest BCUT2D eigenvalue weighted by Crippen LogP contribution is 2.35. The molecule has 1 saturated heterocycles. The lowest BCUT2D eigenvalue weighted by molar-refractivity contribution is -0.148. The molecule has 1 aromatic carbocycles. The van der Waals surface area contributed by atoms with Crippen LogP contribution in [0.1, 0.15) is 30.9 Å². The molecule has 0 bridgehead atoms. The van der Waals surface area contributed by atoms with Crippen LogP contribution >= 0.6 is 11.3 Å². The van der Waals surface area contributed by atoms with Gasteiger partial charge in [0.1, 0.15) is 0 Å². The van der Waals surface area contributed by atoms with Crippen molar-refractivity contribution < 1.29 is 17.9 Å². The molecular formula is C23H25N5O4S2. The molecule has 0 spiro atoms. The topological polar surface area (TPSA) is 107 Å². The first-order valence-corrected chi connectivity index (χ1v) is 13.5. The molecule has 3 aromatic heterocycles. The van der Waals surface area contributed by atoms with Crippen LogP contribution in [0.5, 0.6) is 0 Å². The minimum Gasteiger partial charge on any atom is -0.466 e. The van der Waals surface area contributed by atoms with E-state index in [4.69, 9.17) is 9.72 Å². The van der Waals surface area contributed by atoms with Gasteiger partial charge in [0.25, 0.3) is 0 Å². The summed E-state index contributed by atoms with van der Waals surface area (Å²) < 4.78 is 34.6. The molecule has 34 heavy (non-hydrogen) atoms. The fourth-order valence-electron chi connectivity index (χ4n) is 4.31. The molecular weight excluding hydrogens is 474 g/mol. The predicted molar refractivity (Wildman–Crippen MR) is 129 cm³/mol. The number of anilines is 1. The zero-order valence-corrected chi connectivity index (χ0v) is 20.8. The number of benzene rings is 1. The Morgan fingerprint density at radius 2 is 2.06 bits per heavy atom. The van der Waals surface area contributed by atoms with Gasteiger partial charge in [-0.2, -0.15) is 4.52 Å². The monoisotopic (exact) mass is 499 g/mol. The minimum absolute atomic E-state index is 0.159. The van der Waals surface area contributed by atoms with E-state index in [1.165, 1.54) is 15.9 Å². The lowest BCUT2D eigenvalue weighted by Crippen LogP contribution is -2.40. The normalized spacial score (nSPS) is 16.9. The minimum atomic E-state index is -3.94. The summed E-state index contributed by atoms with van der Waals surface area (Å²) in [7, 11) is -3.94. The third kappa shape index (κ3) is 3.72. The second-order valence-corrected chi connectivity index (χ2v) is 11.3. The fraction of sp³-hybridized carbons (Fsp3) is 0.391. The van der Waals surface area contributed by atoms with E-state index in [1.54, 1.807) is 25.1 Å². The number of aromatic nitrogens is 4. The Hall–Kier alpha value is -3.05. The highest BCUT2D eigenvalue weighted by atomic mass is 32.2. The zero-order valence-electron chi connectivity index (χ0n) is 19.2. The first-order chi connectivity index (χ1) is 16.3. The molecule has 1 fully saturated rings. The average molecular weight is 500 g/mol. The molecule has 11 heteroatoms. The molecule has 4 aromatic rings. The van der Waals surface area contributed by atoms with Crippen LogP contribution in [0.3, 0.4) is 0 Å². The van der Waals surface area contributed by atoms with Crippen LogP contribution in [0.2, 0.25) is 0 Å². The summed E-state index contributed by atoms with van der Waals surface area (Å²) in [6.45, 7) is 7.13. The largest absolute Gasteiger partial charge is 0.466 e. The van der Waals surface area contributed by atoms with Crippen LogP contribution in [0.15, 0.2) is 39.6 Å². The van der Waals surface area contributed by atoms with E-state index in [0.717, 1.165) is 34.2 Å². The number of hydrogen-bond donors (Lipinski definition) is 0. The van der Waals surface area contributed by atoms with E-state index in [-0.39, 0.29) is 27.5 Å². The number of sulfone groups is 1. The summed E-state index contributed by atoms with van der Waals surface area (Å²) in [4.78, 5) is 19.4. The van der Waals surface area contributed by atoms with Crippen molar-refractivity contribution in [3.63, 3.8) is 0 Å². The van der Waals surface area contributed by atoms with Gasteiger partial charge in [0.05, 0.1) is 27.6 Å². The molecule has 0 saturated carbocycles. The number of rotatable bonds is 5. The predicted octanol–water partition coefficient (Wildman–Crippen LogP) is 3.57. The van der Waals surface area contributed by atoms with Crippen LogP contribution in [0.25, 0.3) is 15.9 Å². The van der Waals surface area contributed by atoms with Crippen LogP contribution < -0.4 is 4.90 Å². The van der Waals surface area contributed by atoms with Gasteiger partial charge < -0.3 is 9.64 Å². The molecule has 0 radical (unpaired) electrons. The summed E-state index contributed by atoms with van der Waals surface area (Å²) in [5.74, 6) is 0.188. The number of carbonyl (C=O) groups excluding carboxylic acids is 1. The van der Waals surface area contributed by atoms with Crippen molar-refractivity contribution in [2.75, 3.05) is 24.6 Å². The molecule has 1 aliphatic rings. The lowest BCUT2D eigenvalue weighted by Gasteiger charge is -2.32. The molecule has 1 aliphatic heterocycles. The molecule has 0 aliphatic carbocycles. The van der Waals surface area contributed by atoms with Crippen LogP contribution in [0.4, 0.5) is 5.82 Å². The van der Waals surface area contributed by atoms with Crippen LogP contribution in [-0.2, 0) is 19.4 Å². The van der Waals surface area contributed by atoms with E-state index >= 15 is 0 Å². The van der Waals surface area contributed by atoms with Gasteiger partial charge in [0, 0.05) is 13.1 Å². The number of esters is 1.